The smallest absolute Gasteiger partial charge is 0.184 e. The average molecular weight is 495 g/mol. The molecule has 1 N–H and O–H groups in total. The predicted octanol–water partition coefficient (Wildman–Crippen LogP) is 6.34. The zero-order chi connectivity index (χ0) is 25.8. The van der Waals surface area contributed by atoms with Gasteiger partial charge in [-0.25, -0.2) is 4.68 Å². The Hall–Kier alpha value is -4.87. The molecule has 6 aromatic rings. The number of aliphatic hydroxyl groups is 1. The van der Waals surface area contributed by atoms with E-state index in [1.165, 1.54) is 0 Å². The Morgan fingerprint density at radius 2 is 1.03 bits per heavy atom. The first-order valence-corrected chi connectivity index (χ1v) is 12.6. The van der Waals surface area contributed by atoms with Gasteiger partial charge in [0.1, 0.15) is 5.54 Å². The summed E-state index contributed by atoms with van der Waals surface area (Å²) < 4.78 is 1.95. The van der Waals surface area contributed by atoms with Crippen molar-refractivity contribution in [3.05, 3.63) is 162 Å². The van der Waals surface area contributed by atoms with Gasteiger partial charge in [0, 0.05) is 5.56 Å². The van der Waals surface area contributed by atoms with E-state index in [1.54, 1.807) is 0 Å². The Labute approximate surface area is 221 Å². The van der Waals surface area contributed by atoms with Gasteiger partial charge in [-0.15, -0.1) is 5.10 Å². The van der Waals surface area contributed by atoms with Gasteiger partial charge in [0.2, 0.25) is 0 Å². The van der Waals surface area contributed by atoms with Gasteiger partial charge in [0.05, 0.1) is 6.61 Å². The Morgan fingerprint density at radius 1 is 0.553 bits per heavy atom. The molecule has 0 spiro atoms. The largest absolute Gasteiger partial charge is 0.392 e. The van der Waals surface area contributed by atoms with Crippen molar-refractivity contribution >= 4 is 0 Å². The van der Waals surface area contributed by atoms with E-state index in [0.29, 0.717) is 5.82 Å². The fraction of sp³-hybridized carbons (Fsp3) is 0.0606. The number of aromatic nitrogens is 4. The minimum Gasteiger partial charge on any atom is -0.392 e. The predicted molar refractivity (Wildman–Crippen MR) is 149 cm³/mol. The third-order valence-electron chi connectivity index (χ3n) is 6.98. The second-order valence-electron chi connectivity index (χ2n) is 9.12. The fourth-order valence-corrected chi connectivity index (χ4v) is 5.21. The van der Waals surface area contributed by atoms with Crippen LogP contribution in [0.4, 0.5) is 0 Å². The van der Waals surface area contributed by atoms with E-state index in [2.05, 4.69) is 100 Å². The van der Waals surface area contributed by atoms with Crippen molar-refractivity contribution < 1.29 is 5.11 Å². The van der Waals surface area contributed by atoms with E-state index in [1.807, 2.05) is 59.3 Å². The van der Waals surface area contributed by atoms with E-state index in [9.17, 15) is 5.11 Å². The van der Waals surface area contributed by atoms with Gasteiger partial charge in [0.25, 0.3) is 0 Å². The molecule has 0 aliphatic heterocycles. The molecule has 1 aromatic heterocycles. The maximum Gasteiger partial charge on any atom is 0.184 e. The van der Waals surface area contributed by atoms with Crippen molar-refractivity contribution in [2.45, 2.75) is 12.1 Å². The van der Waals surface area contributed by atoms with E-state index >= 15 is 0 Å². The molecule has 0 saturated heterocycles. The molecule has 5 aromatic carbocycles. The zero-order valence-electron chi connectivity index (χ0n) is 20.7. The monoisotopic (exact) mass is 494 g/mol. The normalized spacial score (nSPS) is 11.4. The quantitative estimate of drug-likeness (QED) is 0.263. The van der Waals surface area contributed by atoms with Crippen LogP contribution >= 0.6 is 0 Å². The molecule has 5 nitrogen and oxygen atoms in total. The third-order valence-corrected chi connectivity index (χ3v) is 6.98. The van der Waals surface area contributed by atoms with E-state index in [0.717, 1.165) is 38.9 Å². The number of aliphatic hydroxyl groups excluding tert-OH is 1. The summed E-state index contributed by atoms with van der Waals surface area (Å²) >= 11 is 0. The molecule has 0 radical (unpaired) electrons. The molecule has 5 heteroatoms. The molecule has 0 aliphatic rings. The Morgan fingerprint density at radius 3 is 1.53 bits per heavy atom. The lowest BCUT2D eigenvalue weighted by Gasteiger charge is -2.36. The van der Waals surface area contributed by atoms with Crippen LogP contribution in [0.15, 0.2) is 140 Å². The van der Waals surface area contributed by atoms with Crippen molar-refractivity contribution in [1.29, 1.82) is 0 Å². The van der Waals surface area contributed by atoms with Gasteiger partial charge in [0.15, 0.2) is 5.82 Å². The average Bonchev–Trinajstić information content (AvgIpc) is 3.49. The molecule has 0 amide bonds. The number of rotatable bonds is 7. The van der Waals surface area contributed by atoms with Crippen LogP contribution in [0, 0.1) is 0 Å². The molecule has 38 heavy (non-hydrogen) atoms. The Bertz CT molecular complexity index is 1530. The van der Waals surface area contributed by atoms with Crippen molar-refractivity contribution in [2.24, 2.45) is 0 Å². The molecule has 0 aliphatic carbocycles. The summed E-state index contributed by atoms with van der Waals surface area (Å²) in [6, 6.07) is 47.3. The van der Waals surface area contributed by atoms with Crippen LogP contribution in [0.1, 0.15) is 22.3 Å². The molecule has 0 fully saturated rings. The number of nitrogens with zero attached hydrogens (tertiary/aromatic N) is 4. The van der Waals surface area contributed by atoms with Gasteiger partial charge >= 0.3 is 0 Å². The summed E-state index contributed by atoms with van der Waals surface area (Å²) in [6.45, 7) is 0.00786. The van der Waals surface area contributed by atoms with Crippen molar-refractivity contribution in [3.8, 4) is 22.5 Å². The van der Waals surface area contributed by atoms with Crippen LogP contribution in [0.5, 0.6) is 0 Å². The molecule has 0 saturated carbocycles. The third kappa shape index (κ3) is 3.99. The number of tetrazole rings is 1. The highest BCUT2D eigenvalue weighted by molar-refractivity contribution is 5.81. The molecule has 184 valence electrons. The molecule has 1 heterocycles. The summed E-state index contributed by atoms with van der Waals surface area (Å²) in [4.78, 5) is 0. The van der Waals surface area contributed by atoms with Crippen LogP contribution in [-0.4, -0.2) is 25.3 Å². The van der Waals surface area contributed by atoms with E-state index < -0.39 is 5.54 Å². The number of benzene rings is 5. The first kappa shape index (κ1) is 23.5. The molecule has 0 bridgehead atoms. The van der Waals surface area contributed by atoms with Gasteiger partial charge in [-0.1, -0.05) is 140 Å². The highest BCUT2D eigenvalue weighted by Gasteiger charge is 2.42. The van der Waals surface area contributed by atoms with Gasteiger partial charge in [-0.2, -0.15) is 0 Å². The summed E-state index contributed by atoms with van der Waals surface area (Å²) in [5.41, 5.74) is 6.15. The SMILES string of the molecule is OCc1ccc(-c2ccccc2-c2nnnn2C(c2ccccc2)(c2ccccc2)c2ccccc2)cc1. The minimum atomic E-state index is -0.823. The van der Waals surface area contributed by atoms with E-state index in [-0.39, 0.29) is 6.61 Å². The maximum atomic E-state index is 9.52. The minimum absolute atomic E-state index is 0.00786. The summed E-state index contributed by atoms with van der Waals surface area (Å²) in [5.74, 6) is 0.656. The Balaban J connectivity index is 1.66. The zero-order valence-corrected chi connectivity index (χ0v) is 20.7. The van der Waals surface area contributed by atoms with Crippen LogP contribution in [0.3, 0.4) is 0 Å². The van der Waals surface area contributed by atoms with E-state index in [4.69, 9.17) is 0 Å². The standard InChI is InChI=1S/C33H26N4O/c38-24-25-20-22-26(23-21-25)30-18-10-11-19-31(30)32-34-35-36-37(32)33(27-12-4-1-5-13-27,28-14-6-2-7-15-28)29-16-8-3-9-17-29/h1-23,38H,24H2. The number of hydrogen-bond donors (Lipinski definition) is 1. The highest BCUT2D eigenvalue weighted by Crippen LogP contribution is 2.43. The van der Waals surface area contributed by atoms with Crippen molar-refractivity contribution in [2.75, 3.05) is 0 Å². The second-order valence-corrected chi connectivity index (χ2v) is 9.12. The molecule has 0 atom stereocenters. The molecule has 0 unspecified atom stereocenters. The lowest BCUT2D eigenvalue weighted by atomic mass is 9.77. The highest BCUT2D eigenvalue weighted by atomic mass is 16.3. The summed E-state index contributed by atoms with van der Waals surface area (Å²) in [5, 5.41) is 23.0. The summed E-state index contributed by atoms with van der Waals surface area (Å²) in [6.07, 6.45) is 0. The summed E-state index contributed by atoms with van der Waals surface area (Å²) in [7, 11) is 0. The van der Waals surface area contributed by atoms with Crippen LogP contribution in [-0.2, 0) is 12.1 Å². The first-order valence-electron chi connectivity index (χ1n) is 12.6. The van der Waals surface area contributed by atoms with Crippen LogP contribution in [0.2, 0.25) is 0 Å². The maximum absolute atomic E-state index is 9.52. The lowest BCUT2D eigenvalue weighted by molar-refractivity contribution is 0.282. The topological polar surface area (TPSA) is 63.8 Å². The lowest BCUT2D eigenvalue weighted by Crippen LogP contribution is -2.39. The van der Waals surface area contributed by atoms with Gasteiger partial charge in [-0.05, 0) is 43.8 Å². The number of hydrogen-bond acceptors (Lipinski definition) is 4. The first-order chi connectivity index (χ1) is 18.8. The Kier molecular flexibility index (Phi) is 6.34. The van der Waals surface area contributed by atoms with Gasteiger partial charge < -0.3 is 5.11 Å². The fourth-order valence-electron chi connectivity index (χ4n) is 5.21. The van der Waals surface area contributed by atoms with Crippen LogP contribution in [0.25, 0.3) is 22.5 Å². The van der Waals surface area contributed by atoms with Gasteiger partial charge in [-0.3, -0.25) is 0 Å². The second kappa shape index (κ2) is 10.2. The molecular weight excluding hydrogens is 468 g/mol. The molecule has 6 rings (SSSR count). The molecular formula is C33H26N4O. The van der Waals surface area contributed by atoms with Crippen LogP contribution < -0.4 is 0 Å². The van der Waals surface area contributed by atoms with Crippen molar-refractivity contribution in [1.82, 2.24) is 20.2 Å². The van der Waals surface area contributed by atoms with Crippen molar-refractivity contribution in [3.63, 3.8) is 0 Å².